The van der Waals surface area contributed by atoms with Gasteiger partial charge in [0.1, 0.15) is 6.10 Å². The van der Waals surface area contributed by atoms with E-state index in [-0.39, 0.29) is 12.1 Å². The lowest BCUT2D eigenvalue weighted by atomic mass is 10.1. The van der Waals surface area contributed by atoms with Crippen molar-refractivity contribution in [1.29, 1.82) is 0 Å². The predicted octanol–water partition coefficient (Wildman–Crippen LogP) is 5.69. The molecule has 1 rings (SSSR count). The van der Waals surface area contributed by atoms with Crippen LogP contribution in [0.25, 0.3) is 0 Å². The quantitative estimate of drug-likeness (QED) is 0.366. The number of ether oxygens (including phenoxy) is 1. The normalized spacial score (nSPS) is 12.1. The molecule has 22 heavy (non-hydrogen) atoms. The van der Waals surface area contributed by atoms with Gasteiger partial charge in [-0.25, -0.2) is 0 Å². The number of benzene rings is 1. The van der Waals surface area contributed by atoms with E-state index in [1.807, 2.05) is 25.1 Å². The maximum atomic E-state index is 11.8. The van der Waals surface area contributed by atoms with Gasteiger partial charge in [0.15, 0.2) is 0 Å². The van der Waals surface area contributed by atoms with Gasteiger partial charge >= 0.3 is 5.97 Å². The van der Waals surface area contributed by atoms with Crippen molar-refractivity contribution in [2.45, 2.75) is 84.2 Å². The fourth-order valence-corrected chi connectivity index (χ4v) is 2.67. The van der Waals surface area contributed by atoms with Gasteiger partial charge in [-0.15, -0.1) is 0 Å². The van der Waals surface area contributed by atoms with Crippen LogP contribution in [-0.4, -0.2) is 12.1 Å². The molecular formula is C20H32O2. The Morgan fingerprint density at radius 1 is 0.955 bits per heavy atom. The molecule has 124 valence electrons. The van der Waals surface area contributed by atoms with Gasteiger partial charge in [-0.3, -0.25) is 4.79 Å². The van der Waals surface area contributed by atoms with Crippen LogP contribution in [0.3, 0.4) is 0 Å². The highest BCUT2D eigenvalue weighted by molar-refractivity contribution is 5.69. The first-order valence-corrected chi connectivity index (χ1v) is 8.95. The van der Waals surface area contributed by atoms with Gasteiger partial charge in [-0.05, 0) is 18.9 Å². The van der Waals surface area contributed by atoms with Gasteiger partial charge in [0.2, 0.25) is 0 Å². The summed E-state index contributed by atoms with van der Waals surface area (Å²) in [6.07, 6.45) is 11.3. The van der Waals surface area contributed by atoms with Crippen LogP contribution in [0.2, 0.25) is 0 Å². The van der Waals surface area contributed by atoms with Gasteiger partial charge in [-0.2, -0.15) is 0 Å². The Morgan fingerprint density at radius 2 is 1.55 bits per heavy atom. The van der Waals surface area contributed by atoms with Crippen molar-refractivity contribution >= 4 is 5.97 Å². The van der Waals surface area contributed by atoms with Gasteiger partial charge in [-0.1, -0.05) is 82.2 Å². The highest BCUT2D eigenvalue weighted by atomic mass is 16.5. The fraction of sp³-hybridized carbons (Fsp3) is 0.650. The maximum absolute atomic E-state index is 11.8. The minimum atomic E-state index is -0.0468. The molecule has 0 N–H and O–H groups in total. The SMILES string of the molecule is CCCCCCCCCCC(=O)O[C@@H](C)Cc1ccccc1. The summed E-state index contributed by atoms with van der Waals surface area (Å²) in [7, 11) is 0. The van der Waals surface area contributed by atoms with Gasteiger partial charge < -0.3 is 4.74 Å². The summed E-state index contributed by atoms with van der Waals surface area (Å²) in [6, 6.07) is 10.2. The van der Waals surface area contributed by atoms with Crippen LogP contribution < -0.4 is 0 Å². The zero-order valence-electron chi connectivity index (χ0n) is 14.4. The first kappa shape index (κ1) is 18.7. The molecule has 0 spiro atoms. The third-order valence-electron chi connectivity index (χ3n) is 3.93. The molecule has 0 bridgehead atoms. The molecule has 0 saturated carbocycles. The summed E-state index contributed by atoms with van der Waals surface area (Å²) in [5.74, 6) is -0.0468. The van der Waals surface area contributed by atoms with E-state index < -0.39 is 0 Å². The van der Waals surface area contributed by atoms with Crippen molar-refractivity contribution in [1.82, 2.24) is 0 Å². The number of carbonyl (C=O) groups is 1. The molecule has 0 unspecified atom stereocenters. The van der Waals surface area contributed by atoms with E-state index in [1.165, 1.54) is 44.1 Å². The first-order valence-electron chi connectivity index (χ1n) is 8.95. The molecule has 2 heteroatoms. The van der Waals surface area contributed by atoms with Crippen LogP contribution in [-0.2, 0) is 16.0 Å². The van der Waals surface area contributed by atoms with Crippen molar-refractivity contribution in [3.8, 4) is 0 Å². The average Bonchev–Trinajstić information content (AvgIpc) is 2.50. The molecule has 0 aliphatic rings. The number of carbonyl (C=O) groups excluding carboxylic acids is 1. The maximum Gasteiger partial charge on any atom is 0.306 e. The van der Waals surface area contributed by atoms with Crippen LogP contribution in [0.4, 0.5) is 0 Å². The van der Waals surface area contributed by atoms with E-state index in [0.29, 0.717) is 6.42 Å². The Kier molecular flexibility index (Phi) is 10.4. The minimum Gasteiger partial charge on any atom is -0.462 e. The molecule has 1 atom stereocenters. The summed E-state index contributed by atoms with van der Waals surface area (Å²) < 4.78 is 5.48. The Labute approximate surface area is 136 Å². The Hall–Kier alpha value is -1.31. The van der Waals surface area contributed by atoms with E-state index in [1.54, 1.807) is 0 Å². The van der Waals surface area contributed by atoms with Crippen LogP contribution in [0.15, 0.2) is 30.3 Å². The Bertz CT molecular complexity index is 386. The largest absolute Gasteiger partial charge is 0.462 e. The second kappa shape index (κ2) is 12.3. The van der Waals surface area contributed by atoms with Crippen LogP contribution in [0.5, 0.6) is 0 Å². The average molecular weight is 304 g/mol. The third-order valence-corrected chi connectivity index (χ3v) is 3.93. The third kappa shape index (κ3) is 9.59. The van der Waals surface area contributed by atoms with Gasteiger partial charge in [0, 0.05) is 12.8 Å². The fourth-order valence-electron chi connectivity index (χ4n) is 2.67. The molecule has 0 heterocycles. The van der Waals surface area contributed by atoms with E-state index in [2.05, 4.69) is 19.1 Å². The van der Waals surface area contributed by atoms with Crippen molar-refractivity contribution in [2.75, 3.05) is 0 Å². The smallest absolute Gasteiger partial charge is 0.306 e. The highest BCUT2D eigenvalue weighted by Gasteiger charge is 2.09. The Balaban J connectivity index is 2.01. The van der Waals surface area contributed by atoms with Crippen LogP contribution >= 0.6 is 0 Å². The lowest BCUT2D eigenvalue weighted by Gasteiger charge is -2.13. The number of rotatable bonds is 12. The number of hydrogen-bond acceptors (Lipinski definition) is 2. The lowest BCUT2D eigenvalue weighted by molar-refractivity contribution is -0.148. The van der Waals surface area contributed by atoms with E-state index in [9.17, 15) is 4.79 Å². The summed E-state index contributed by atoms with van der Waals surface area (Å²) >= 11 is 0. The lowest BCUT2D eigenvalue weighted by Crippen LogP contribution is -2.17. The standard InChI is InChI=1S/C20H32O2/c1-3-4-5-6-7-8-9-13-16-20(21)22-18(2)17-19-14-11-10-12-15-19/h10-12,14-15,18H,3-9,13,16-17H2,1-2H3/t18-/m0/s1. The molecule has 0 amide bonds. The molecule has 0 aliphatic heterocycles. The molecule has 0 aliphatic carbocycles. The van der Waals surface area contributed by atoms with E-state index in [4.69, 9.17) is 4.74 Å². The topological polar surface area (TPSA) is 26.3 Å². The van der Waals surface area contributed by atoms with Crippen molar-refractivity contribution < 1.29 is 9.53 Å². The minimum absolute atomic E-state index is 0.0380. The zero-order valence-corrected chi connectivity index (χ0v) is 14.4. The highest BCUT2D eigenvalue weighted by Crippen LogP contribution is 2.11. The number of hydrogen-bond donors (Lipinski definition) is 0. The molecule has 0 aromatic heterocycles. The van der Waals surface area contributed by atoms with Gasteiger partial charge in [0.05, 0.1) is 0 Å². The van der Waals surface area contributed by atoms with Crippen LogP contribution in [0.1, 0.15) is 77.2 Å². The molecule has 0 saturated heterocycles. The van der Waals surface area contributed by atoms with E-state index in [0.717, 1.165) is 19.3 Å². The second-order valence-corrected chi connectivity index (χ2v) is 6.22. The summed E-state index contributed by atoms with van der Waals surface area (Å²) in [4.78, 5) is 11.8. The number of esters is 1. The van der Waals surface area contributed by atoms with Gasteiger partial charge in [0.25, 0.3) is 0 Å². The molecular weight excluding hydrogens is 272 g/mol. The van der Waals surface area contributed by atoms with Crippen molar-refractivity contribution in [3.63, 3.8) is 0 Å². The molecule has 2 nitrogen and oxygen atoms in total. The summed E-state index contributed by atoms with van der Waals surface area (Å²) in [5, 5.41) is 0. The number of unbranched alkanes of at least 4 members (excludes halogenated alkanes) is 7. The molecule has 1 aromatic rings. The summed E-state index contributed by atoms with van der Waals surface area (Å²) in [5.41, 5.74) is 1.22. The van der Waals surface area contributed by atoms with Crippen molar-refractivity contribution in [2.24, 2.45) is 0 Å². The summed E-state index contributed by atoms with van der Waals surface area (Å²) in [6.45, 7) is 4.21. The molecule has 0 radical (unpaired) electrons. The Morgan fingerprint density at radius 3 is 2.18 bits per heavy atom. The molecule has 1 aromatic carbocycles. The first-order chi connectivity index (χ1) is 10.7. The second-order valence-electron chi connectivity index (χ2n) is 6.22. The monoisotopic (exact) mass is 304 g/mol. The molecule has 0 fully saturated rings. The van der Waals surface area contributed by atoms with E-state index >= 15 is 0 Å². The zero-order chi connectivity index (χ0) is 16.0. The predicted molar refractivity (Wildman–Crippen MR) is 92.9 cm³/mol. The van der Waals surface area contributed by atoms with Crippen LogP contribution in [0, 0.1) is 0 Å². The van der Waals surface area contributed by atoms with Crippen molar-refractivity contribution in [3.05, 3.63) is 35.9 Å².